The molecule has 1 aromatic rings. The van der Waals surface area contributed by atoms with Crippen molar-refractivity contribution in [1.82, 2.24) is 0 Å². The van der Waals surface area contributed by atoms with E-state index in [1.165, 1.54) is 6.92 Å². The molecule has 0 N–H and O–H groups in total. The van der Waals surface area contributed by atoms with E-state index in [0.717, 1.165) is 24.3 Å². The normalized spacial score (nSPS) is 13.9. The van der Waals surface area contributed by atoms with Crippen LogP contribution in [-0.2, 0) is 19.4 Å². The molecule has 0 aliphatic carbocycles. The Balaban J connectivity index is 3.00. The van der Waals surface area contributed by atoms with Gasteiger partial charge in [0.15, 0.2) is 15.1 Å². The summed E-state index contributed by atoms with van der Waals surface area (Å²) < 4.78 is 42.1. The maximum atomic E-state index is 12.8. The van der Waals surface area contributed by atoms with Crippen LogP contribution in [0.15, 0.2) is 29.2 Å². The molecule has 4 nitrogen and oxygen atoms in total. The zero-order valence-corrected chi connectivity index (χ0v) is 12.1. The molecule has 0 spiro atoms. The average molecular weight is 288 g/mol. The number of ether oxygens (including phenoxy) is 1. The van der Waals surface area contributed by atoms with Gasteiger partial charge in [-0.15, -0.1) is 0 Å². The first-order valence-electron chi connectivity index (χ1n) is 5.76. The van der Waals surface area contributed by atoms with E-state index in [2.05, 4.69) is 0 Å². The minimum absolute atomic E-state index is 0.104. The van der Waals surface area contributed by atoms with Gasteiger partial charge < -0.3 is 4.74 Å². The Kier molecular flexibility index (Phi) is 4.35. The number of carbonyl (C=O) groups is 1. The number of benzene rings is 1. The number of halogens is 1. The van der Waals surface area contributed by atoms with Crippen molar-refractivity contribution < 1.29 is 22.3 Å². The molecule has 6 heteroatoms. The van der Waals surface area contributed by atoms with Gasteiger partial charge in [-0.2, -0.15) is 0 Å². The molecule has 0 saturated carbocycles. The van der Waals surface area contributed by atoms with Crippen LogP contribution in [0.5, 0.6) is 0 Å². The van der Waals surface area contributed by atoms with Gasteiger partial charge in [0.2, 0.25) is 0 Å². The summed E-state index contributed by atoms with van der Waals surface area (Å²) in [6.07, 6.45) is 0. The Morgan fingerprint density at radius 1 is 1.21 bits per heavy atom. The quantitative estimate of drug-likeness (QED) is 0.632. The Morgan fingerprint density at radius 3 is 2.11 bits per heavy atom. The maximum absolute atomic E-state index is 12.8. The molecule has 0 heterocycles. The summed E-state index contributed by atoms with van der Waals surface area (Å²) in [5.41, 5.74) is -0.760. The van der Waals surface area contributed by atoms with Gasteiger partial charge in [-0.3, -0.25) is 4.79 Å². The van der Waals surface area contributed by atoms with Crippen LogP contribution in [0.25, 0.3) is 0 Å². The first-order chi connectivity index (χ1) is 8.54. The van der Waals surface area contributed by atoms with Crippen LogP contribution in [0.1, 0.15) is 27.7 Å². The van der Waals surface area contributed by atoms with E-state index in [1.807, 2.05) is 0 Å². The van der Waals surface area contributed by atoms with Crippen molar-refractivity contribution in [3.63, 3.8) is 0 Å². The van der Waals surface area contributed by atoms with Gasteiger partial charge in [-0.05, 0) is 52.0 Å². The largest absolute Gasteiger partial charge is 0.459 e. The number of esters is 1. The summed E-state index contributed by atoms with van der Waals surface area (Å²) in [6, 6.07) is 4.33. The van der Waals surface area contributed by atoms with E-state index in [1.54, 1.807) is 20.8 Å². The molecule has 0 aliphatic rings. The lowest BCUT2D eigenvalue weighted by Crippen LogP contribution is -2.35. The van der Waals surface area contributed by atoms with Gasteiger partial charge in [0.05, 0.1) is 4.90 Å². The third-order valence-electron chi connectivity index (χ3n) is 2.35. The summed E-state index contributed by atoms with van der Waals surface area (Å²) in [4.78, 5) is 11.7. The minimum Gasteiger partial charge on any atom is -0.459 e. The van der Waals surface area contributed by atoms with Crippen LogP contribution in [0.2, 0.25) is 0 Å². The third kappa shape index (κ3) is 4.02. The zero-order valence-electron chi connectivity index (χ0n) is 11.3. The summed E-state index contributed by atoms with van der Waals surface area (Å²) in [5, 5.41) is -1.34. The van der Waals surface area contributed by atoms with Crippen molar-refractivity contribution in [2.24, 2.45) is 0 Å². The van der Waals surface area contributed by atoms with Crippen molar-refractivity contribution in [3.05, 3.63) is 30.1 Å². The van der Waals surface area contributed by atoms with E-state index in [0.29, 0.717) is 0 Å². The van der Waals surface area contributed by atoms with Crippen LogP contribution in [0.3, 0.4) is 0 Å². The topological polar surface area (TPSA) is 60.4 Å². The van der Waals surface area contributed by atoms with Crippen molar-refractivity contribution >= 4 is 15.8 Å². The van der Waals surface area contributed by atoms with Crippen molar-refractivity contribution in [2.45, 2.75) is 43.4 Å². The van der Waals surface area contributed by atoms with Gasteiger partial charge in [0.25, 0.3) is 0 Å². The molecule has 0 aromatic heterocycles. The highest BCUT2D eigenvalue weighted by molar-refractivity contribution is 7.92. The van der Waals surface area contributed by atoms with E-state index in [-0.39, 0.29) is 4.90 Å². The minimum atomic E-state index is -3.87. The molecule has 1 unspecified atom stereocenters. The standard InChI is InChI=1S/C13H17FO4S/c1-9(12(15)18-13(2,3)4)19(16,17)11-7-5-10(14)6-8-11/h5-9H,1-4H3. The molecule has 0 amide bonds. The number of rotatable bonds is 3. The summed E-state index contributed by atoms with van der Waals surface area (Å²) >= 11 is 0. The maximum Gasteiger partial charge on any atom is 0.324 e. The highest BCUT2D eigenvalue weighted by atomic mass is 32.2. The van der Waals surface area contributed by atoms with E-state index < -0.39 is 32.5 Å². The summed E-state index contributed by atoms with van der Waals surface area (Å²) in [6.45, 7) is 6.22. The highest BCUT2D eigenvalue weighted by Crippen LogP contribution is 2.19. The van der Waals surface area contributed by atoms with Gasteiger partial charge >= 0.3 is 5.97 Å². The number of sulfone groups is 1. The average Bonchev–Trinajstić information content (AvgIpc) is 2.26. The monoisotopic (exact) mass is 288 g/mol. The molecule has 1 atom stereocenters. The molecule has 19 heavy (non-hydrogen) atoms. The van der Waals surface area contributed by atoms with Crippen molar-refractivity contribution in [3.8, 4) is 0 Å². The molecule has 1 rings (SSSR count). The Hall–Kier alpha value is -1.43. The lowest BCUT2D eigenvalue weighted by molar-refractivity contribution is -0.153. The van der Waals surface area contributed by atoms with Crippen LogP contribution < -0.4 is 0 Å². The molecule has 106 valence electrons. The first kappa shape index (κ1) is 15.6. The molecular weight excluding hydrogens is 271 g/mol. The predicted molar refractivity (Wildman–Crippen MR) is 68.9 cm³/mol. The fourth-order valence-corrected chi connectivity index (χ4v) is 2.56. The lowest BCUT2D eigenvalue weighted by Gasteiger charge is -2.22. The van der Waals surface area contributed by atoms with Gasteiger partial charge in [-0.1, -0.05) is 0 Å². The third-order valence-corrected chi connectivity index (χ3v) is 4.40. The molecule has 1 aromatic carbocycles. The van der Waals surface area contributed by atoms with E-state index >= 15 is 0 Å². The molecule has 0 fully saturated rings. The number of carbonyl (C=O) groups excluding carboxylic acids is 1. The number of hydrogen-bond acceptors (Lipinski definition) is 4. The highest BCUT2D eigenvalue weighted by Gasteiger charge is 2.33. The second kappa shape index (κ2) is 5.28. The van der Waals surface area contributed by atoms with Crippen LogP contribution in [0, 0.1) is 5.82 Å². The molecule has 0 aliphatic heterocycles. The van der Waals surface area contributed by atoms with E-state index in [4.69, 9.17) is 4.74 Å². The zero-order chi connectivity index (χ0) is 14.8. The second-order valence-corrected chi connectivity index (χ2v) is 7.44. The molecule has 0 saturated heterocycles. The molecular formula is C13H17FO4S. The first-order valence-corrected chi connectivity index (χ1v) is 7.31. The summed E-state index contributed by atoms with van der Waals surface area (Å²) in [7, 11) is -3.87. The predicted octanol–water partition coefficient (Wildman–Crippen LogP) is 2.33. The van der Waals surface area contributed by atoms with Crippen LogP contribution in [0.4, 0.5) is 4.39 Å². The summed E-state index contributed by atoms with van der Waals surface area (Å²) in [5.74, 6) is -1.36. The van der Waals surface area contributed by atoms with Gasteiger partial charge in [0.1, 0.15) is 11.4 Å². The number of hydrogen-bond donors (Lipinski definition) is 0. The van der Waals surface area contributed by atoms with Gasteiger partial charge in [-0.25, -0.2) is 12.8 Å². The van der Waals surface area contributed by atoms with Gasteiger partial charge in [0, 0.05) is 0 Å². The molecule has 0 bridgehead atoms. The van der Waals surface area contributed by atoms with Crippen LogP contribution in [-0.4, -0.2) is 25.2 Å². The van der Waals surface area contributed by atoms with Crippen molar-refractivity contribution in [2.75, 3.05) is 0 Å². The van der Waals surface area contributed by atoms with E-state index in [9.17, 15) is 17.6 Å². The Bertz CT molecular complexity index is 555. The molecule has 0 radical (unpaired) electrons. The second-order valence-electron chi connectivity index (χ2n) is 5.17. The lowest BCUT2D eigenvalue weighted by atomic mass is 10.2. The van der Waals surface area contributed by atoms with Crippen LogP contribution >= 0.6 is 0 Å². The fourth-order valence-electron chi connectivity index (χ4n) is 1.34. The fraction of sp³-hybridized carbons (Fsp3) is 0.462. The van der Waals surface area contributed by atoms with Crippen molar-refractivity contribution in [1.29, 1.82) is 0 Å². The smallest absolute Gasteiger partial charge is 0.324 e. The Labute approximate surface area is 112 Å². The SMILES string of the molecule is CC(C(=O)OC(C)(C)C)S(=O)(=O)c1ccc(F)cc1. The Morgan fingerprint density at radius 2 is 1.68 bits per heavy atom.